The summed E-state index contributed by atoms with van der Waals surface area (Å²) in [5, 5.41) is 10.2. The maximum Gasteiger partial charge on any atom is 0.410 e. The van der Waals surface area contributed by atoms with Gasteiger partial charge in [-0.3, -0.25) is 4.90 Å². The highest BCUT2D eigenvalue weighted by atomic mass is 16.6. The maximum absolute atomic E-state index is 12.9. The Labute approximate surface area is 169 Å². The van der Waals surface area contributed by atoms with Crippen LogP contribution in [0, 0.1) is 0 Å². The lowest BCUT2D eigenvalue weighted by molar-refractivity contribution is 0.0669. The number of benzene rings is 2. The van der Waals surface area contributed by atoms with Crippen molar-refractivity contribution in [1.29, 1.82) is 0 Å². The van der Waals surface area contributed by atoms with Crippen molar-refractivity contribution in [2.24, 2.45) is 7.05 Å². The van der Waals surface area contributed by atoms with Crippen molar-refractivity contribution >= 4 is 23.0 Å². The van der Waals surface area contributed by atoms with E-state index in [9.17, 15) is 14.7 Å². The second-order valence-corrected chi connectivity index (χ2v) is 7.70. The Hall–Kier alpha value is -3.28. The van der Waals surface area contributed by atoms with E-state index < -0.39 is 11.5 Å². The molecule has 0 saturated carbocycles. The summed E-state index contributed by atoms with van der Waals surface area (Å²) in [7, 11) is 1.92. The number of hydrogen-bond donors (Lipinski definition) is 1. The Morgan fingerprint density at radius 1 is 1.14 bits per heavy atom. The quantitative estimate of drug-likeness (QED) is 0.708. The maximum atomic E-state index is 12.9. The van der Waals surface area contributed by atoms with Crippen LogP contribution >= 0.6 is 0 Å². The summed E-state index contributed by atoms with van der Waals surface area (Å²) in [6, 6.07) is 16.8. The topological polar surface area (TPSA) is 71.8 Å². The molecule has 2 aromatic carbocycles. The molecule has 1 unspecified atom stereocenters. The molecule has 1 amide bonds. The molecule has 29 heavy (non-hydrogen) atoms. The number of aryl methyl sites for hydroxylation is 1. The lowest BCUT2D eigenvalue weighted by Gasteiger charge is -2.35. The number of aromatic carboxylic acids is 1. The van der Waals surface area contributed by atoms with Gasteiger partial charge in [0.15, 0.2) is 0 Å². The van der Waals surface area contributed by atoms with Gasteiger partial charge in [-0.2, -0.15) is 0 Å². The predicted molar refractivity (Wildman–Crippen MR) is 110 cm³/mol. The summed E-state index contributed by atoms with van der Waals surface area (Å²) in [6.45, 7) is 2.86. The van der Waals surface area contributed by atoms with Crippen LogP contribution in [-0.4, -0.2) is 33.2 Å². The molecule has 1 saturated heterocycles. The number of nitrogens with zero attached hydrogens (tertiary/aromatic N) is 2. The SMILES string of the molecule is Cn1c(C2(C)CCCN2C(=O)OCc2ccccc2)cc2c(C(=O)O)cccc21. The minimum absolute atomic E-state index is 0.227. The highest BCUT2D eigenvalue weighted by Crippen LogP contribution is 2.41. The van der Waals surface area contributed by atoms with Crippen LogP contribution in [0.5, 0.6) is 0 Å². The van der Waals surface area contributed by atoms with Gasteiger partial charge in [0.2, 0.25) is 0 Å². The first kappa shape index (κ1) is 19.1. The van der Waals surface area contributed by atoms with E-state index in [-0.39, 0.29) is 18.3 Å². The molecule has 2 heterocycles. The molecule has 6 nitrogen and oxygen atoms in total. The average Bonchev–Trinajstić information content (AvgIpc) is 3.28. The van der Waals surface area contributed by atoms with Gasteiger partial charge in [0.25, 0.3) is 0 Å². The number of carboxylic acids is 1. The van der Waals surface area contributed by atoms with Crippen molar-refractivity contribution in [2.45, 2.75) is 31.9 Å². The minimum Gasteiger partial charge on any atom is -0.478 e. The third-order valence-electron chi connectivity index (χ3n) is 5.94. The van der Waals surface area contributed by atoms with E-state index in [1.54, 1.807) is 17.0 Å². The molecule has 3 aromatic rings. The van der Waals surface area contributed by atoms with Crippen LogP contribution in [0.2, 0.25) is 0 Å². The zero-order valence-corrected chi connectivity index (χ0v) is 16.6. The van der Waals surface area contributed by atoms with Gasteiger partial charge in [0, 0.05) is 30.2 Å². The number of amides is 1. The fourth-order valence-corrected chi connectivity index (χ4v) is 4.38. The Bertz CT molecular complexity index is 1070. The van der Waals surface area contributed by atoms with Gasteiger partial charge in [-0.05, 0) is 43.5 Å². The highest BCUT2D eigenvalue weighted by Gasteiger charge is 2.44. The van der Waals surface area contributed by atoms with Crippen LogP contribution in [0.1, 0.15) is 41.4 Å². The minimum atomic E-state index is -0.955. The molecule has 1 N–H and O–H groups in total. The Morgan fingerprint density at radius 3 is 2.62 bits per heavy atom. The monoisotopic (exact) mass is 392 g/mol. The fourth-order valence-electron chi connectivity index (χ4n) is 4.38. The van der Waals surface area contributed by atoms with Gasteiger partial charge in [0.1, 0.15) is 6.61 Å². The van der Waals surface area contributed by atoms with Gasteiger partial charge >= 0.3 is 12.1 Å². The first-order valence-corrected chi connectivity index (χ1v) is 9.72. The number of carbonyl (C=O) groups is 2. The molecule has 1 atom stereocenters. The standard InChI is InChI=1S/C23H24N2O4/c1-23(20-14-18-17(21(26)27)10-6-11-19(18)24(20)2)12-7-13-25(23)22(28)29-15-16-8-4-3-5-9-16/h3-6,8-11,14H,7,12-13,15H2,1-2H3,(H,26,27). The molecule has 150 valence electrons. The molecule has 1 aliphatic heterocycles. The molecule has 1 aliphatic rings. The number of ether oxygens (including phenoxy) is 1. The second kappa shape index (κ2) is 7.28. The molecule has 6 heteroatoms. The molecule has 0 aliphatic carbocycles. The van der Waals surface area contributed by atoms with Crippen LogP contribution in [0.3, 0.4) is 0 Å². The smallest absolute Gasteiger partial charge is 0.410 e. The molecule has 0 radical (unpaired) electrons. The third-order valence-corrected chi connectivity index (χ3v) is 5.94. The normalized spacial score (nSPS) is 18.9. The number of carboxylic acid groups (broad SMARTS) is 1. The van der Waals surface area contributed by atoms with Crippen molar-refractivity contribution in [3.63, 3.8) is 0 Å². The molecular weight excluding hydrogens is 368 g/mol. The summed E-state index contributed by atoms with van der Waals surface area (Å²) >= 11 is 0. The average molecular weight is 392 g/mol. The largest absolute Gasteiger partial charge is 0.478 e. The first-order valence-electron chi connectivity index (χ1n) is 9.72. The van der Waals surface area contributed by atoms with Gasteiger partial charge in [-0.1, -0.05) is 36.4 Å². The molecule has 1 aromatic heterocycles. The number of rotatable bonds is 4. The zero-order valence-electron chi connectivity index (χ0n) is 16.6. The van der Waals surface area contributed by atoms with Crippen molar-refractivity contribution in [2.75, 3.05) is 6.54 Å². The fraction of sp³-hybridized carbons (Fsp3) is 0.304. The lowest BCUT2D eigenvalue weighted by Crippen LogP contribution is -2.44. The van der Waals surface area contributed by atoms with Crippen molar-refractivity contribution in [1.82, 2.24) is 9.47 Å². The summed E-state index contributed by atoms with van der Waals surface area (Å²) in [5.41, 5.74) is 2.40. The van der Waals surface area contributed by atoms with Crippen LogP contribution in [0.4, 0.5) is 4.79 Å². The van der Waals surface area contributed by atoms with E-state index in [0.29, 0.717) is 11.9 Å². The van der Waals surface area contributed by atoms with Crippen molar-refractivity contribution in [3.05, 3.63) is 71.4 Å². The summed E-state index contributed by atoms with van der Waals surface area (Å²) < 4.78 is 7.58. The van der Waals surface area contributed by atoms with E-state index in [2.05, 4.69) is 0 Å². The van der Waals surface area contributed by atoms with Gasteiger partial charge in [-0.25, -0.2) is 9.59 Å². The number of likely N-dealkylation sites (tertiary alicyclic amines) is 1. The number of fused-ring (bicyclic) bond motifs is 1. The van der Waals surface area contributed by atoms with Crippen LogP contribution in [-0.2, 0) is 23.9 Å². The van der Waals surface area contributed by atoms with Gasteiger partial charge in [0.05, 0.1) is 11.1 Å². The van der Waals surface area contributed by atoms with E-state index in [1.165, 1.54) is 0 Å². The Kier molecular flexibility index (Phi) is 4.78. The van der Waals surface area contributed by atoms with E-state index in [1.807, 2.05) is 61.0 Å². The lowest BCUT2D eigenvalue weighted by atomic mass is 9.94. The van der Waals surface area contributed by atoms with Crippen molar-refractivity contribution < 1.29 is 19.4 Å². The number of aromatic nitrogens is 1. The number of hydrogen-bond acceptors (Lipinski definition) is 3. The Balaban J connectivity index is 1.66. The van der Waals surface area contributed by atoms with Gasteiger partial charge < -0.3 is 14.4 Å². The Morgan fingerprint density at radius 2 is 1.90 bits per heavy atom. The molecule has 4 rings (SSSR count). The van der Waals surface area contributed by atoms with E-state index in [0.717, 1.165) is 29.6 Å². The predicted octanol–water partition coefficient (Wildman–Crippen LogP) is 4.52. The van der Waals surface area contributed by atoms with E-state index in [4.69, 9.17) is 4.74 Å². The summed E-state index contributed by atoms with van der Waals surface area (Å²) in [6.07, 6.45) is 1.31. The van der Waals surface area contributed by atoms with Crippen LogP contribution < -0.4 is 0 Å². The molecule has 0 bridgehead atoms. The molecular formula is C23H24N2O4. The summed E-state index contributed by atoms with van der Waals surface area (Å²) in [5.74, 6) is -0.955. The molecule has 0 spiro atoms. The summed E-state index contributed by atoms with van der Waals surface area (Å²) in [4.78, 5) is 26.3. The number of carbonyl (C=O) groups excluding carboxylic acids is 1. The molecule has 1 fully saturated rings. The van der Waals surface area contributed by atoms with Gasteiger partial charge in [-0.15, -0.1) is 0 Å². The zero-order chi connectivity index (χ0) is 20.6. The van der Waals surface area contributed by atoms with Crippen molar-refractivity contribution in [3.8, 4) is 0 Å². The third kappa shape index (κ3) is 3.24. The van der Waals surface area contributed by atoms with Crippen LogP contribution in [0.25, 0.3) is 10.9 Å². The highest BCUT2D eigenvalue weighted by molar-refractivity contribution is 6.03. The van der Waals surface area contributed by atoms with Crippen LogP contribution in [0.15, 0.2) is 54.6 Å². The second-order valence-electron chi connectivity index (χ2n) is 7.70. The first-order chi connectivity index (χ1) is 13.9. The van der Waals surface area contributed by atoms with E-state index >= 15 is 0 Å².